The zero-order valence-electron chi connectivity index (χ0n) is 31.5. The van der Waals surface area contributed by atoms with E-state index in [0.717, 1.165) is 11.4 Å². The summed E-state index contributed by atoms with van der Waals surface area (Å²) in [5, 5.41) is 2.63. The number of anilines is 3. The average molecular weight is 714 g/mol. The Kier molecular flexibility index (Phi) is 7.28. The van der Waals surface area contributed by atoms with Crippen molar-refractivity contribution in [3.63, 3.8) is 0 Å². The molecule has 0 bridgehead atoms. The molecule has 9 aromatic rings. The van der Waals surface area contributed by atoms with Crippen LogP contribution < -0.4 is 4.90 Å². The summed E-state index contributed by atoms with van der Waals surface area (Å²) in [5.74, 6) is 0. The van der Waals surface area contributed by atoms with Gasteiger partial charge in [0.1, 0.15) is 0 Å². The minimum atomic E-state index is -0.0967. The van der Waals surface area contributed by atoms with Gasteiger partial charge in [0, 0.05) is 22.4 Å². The average Bonchev–Trinajstić information content (AvgIpc) is 3.72. The standard InChI is InChI=1S/C55H39N/c1-55(2)49-24-12-11-21-46(49)54-50(55)25-14-26-51(54)56(40-31-27-37(28-32-40)36-15-5-3-6-16-36)41-33-29-39(30-34-41)47-35-48(38-17-7-4-8-18-38)53-43-20-10-9-19-42(43)44-22-13-23-45(47)52(44)53/h3-35H,1-2H3. The van der Waals surface area contributed by atoms with Gasteiger partial charge in [0.05, 0.1) is 5.69 Å². The lowest BCUT2D eigenvalue weighted by Gasteiger charge is -2.29. The highest BCUT2D eigenvalue weighted by atomic mass is 15.1. The molecule has 0 radical (unpaired) electrons. The summed E-state index contributed by atoms with van der Waals surface area (Å²) in [7, 11) is 0. The Morgan fingerprint density at radius 1 is 0.339 bits per heavy atom. The van der Waals surface area contributed by atoms with Crippen molar-refractivity contribution >= 4 is 27.8 Å². The van der Waals surface area contributed by atoms with Crippen molar-refractivity contribution in [1.29, 1.82) is 0 Å². The Balaban J connectivity index is 1.10. The molecule has 2 aliphatic carbocycles. The quantitative estimate of drug-likeness (QED) is 0.166. The predicted molar refractivity (Wildman–Crippen MR) is 237 cm³/mol. The fraction of sp³-hybridized carbons (Fsp3) is 0.0545. The number of rotatable bonds is 6. The fourth-order valence-electron chi connectivity index (χ4n) is 9.57. The van der Waals surface area contributed by atoms with Crippen LogP contribution in [0.3, 0.4) is 0 Å². The second-order valence-corrected chi connectivity index (χ2v) is 15.7. The van der Waals surface area contributed by atoms with Crippen molar-refractivity contribution in [1.82, 2.24) is 0 Å². The molecule has 0 fully saturated rings. The van der Waals surface area contributed by atoms with Gasteiger partial charge in [-0.2, -0.15) is 0 Å². The highest BCUT2D eigenvalue weighted by Gasteiger charge is 2.37. The third-order valence-electron chi connectivity index (χ3n) is 12.2. The molecular formula is C55H39N. The molecule has 1 nitrogen and oxygen atoms in total. The monoisotopic (exact) mass is 713 g/mol. The third-order valence-corrected chi connectivity index (χ3v) is 12.2. The smallest absolute Gasteiger partial charge is 0.0543 e. The van der Waals surface area contributed by atoms with Gasteiger partial charge >= 0.3 is 0 Å². The van der Waals surface area contributed by atoms with Gasteiger partial charge in [-0.05, 0) is 119 Å². The first-order chi connectivity index (χ1) is 27.6. The number of fused-ring (bicyclic) bond motifs is 6. The maximum atomic E-state index is 2.45. The van der Waals surface area contributed by atoms with Crippen molar-refractivity contribution in [3.8, 4) is 66.8 Å². The minimum Gasteiger partial charge on any atom is -0.310 e. The van der Waals surface area contributed by atoms with Gasteiger partial charge in [0.15, 0.2) is 0 Å². The molecule has 11 rings (SSSR count). The molecule has 0 amide bonds. The highest BCUT2D eigenvalue weighted by Crippen LogP contribution is 2.55. The highest BCUT2D eigenvalue weighted by molar-refractivity contribution is 6.22. The maximum absolute atomic E-state index is 2.45. The number of benzene rings is 9. The molecule has 0 aliphatic heterocycles. The molecule has 9 aromatic carbocycles. The Morgan fingerprint density at radius 3 is 1.57 bits per heavy atom. The van der Waals surface area contributed by atoms with E-state index in [1.54, 1.807) is 0 Å². The van der Waals surface area contributed by atoms with Gasteiger partial charge in [0.2, 0.25) is 0 Å². The SMILES string of the molecule is CC1(C)c2ccccc2-c2c(N(c3ccc(-c4ccccc4)cc3)c3ccc(-c4cc(-c5ccccc5)c5c6c(cccc46)-c4ccccc4-5)cc3)cccc21. The zero-order valence-corrected chi connectivity index (χ0v) is 31.5. The second-order valence-electron chi connectivity index (χ2n) is 15.7. The zero-order chi connectivity index (χ0) is 37.4. The summed E-state index contributed by atoms with van der Waals surface area (Å²) in [6.45, 7) is 4.71. The van der Waals surface area contributed by atoms with Crippen molar-refractivity contribution < 1.29 is 0 Å². The van der Waals surface area contributed by atoms with Crippen LogP contribution in [-0.4, -0.2) is 0 Å². The van der Waals surface area contributed by atoms with Crippen LogP contribution in [-0.2, 0) is 5.41 Å². The summed E-state index contributed by atoms with van der Waals surface area (Å²) >= 11 is 0. The van der Waals surface area contributed by atoms with E-state index >= 15 is 0 Å². The molecule has 2 aliphatic rings. The molecule has 264 valence electrons. The molecule has 0 aromatic heterocycles. The predicted octanol–water partition coefficient (Wildman–Crippen LogP) is 15.3. The molecule has 0 spiro atoms. The van der Waals surface area contributed by atoms with Gasteiger partial charge in [-0.1, -0.05) is 178 Å². The van der Waals surface area contributed by atoms with E-state index in [-0.39, 0.29) is 5.41 Å². The first-order valence-electron chi connectivity index (χ1n) is 19.6. The van der Waals surface area contributed by atoms with E-state index in [2.05, 4.69) is 219 Å². The van der Waals surface area contributed by atoms with Gasteiger partial charge in [-0.25, -0.2) is 0 Å². The lowest BCUT2D eigenvalue weighted by atomic mass is 9.82. The summed E-state index contributed by atoms with van der Waals surface area (Å²) in [5.41, 5.74) is 21.4. The second kappa shape index (κ2) is 12.5. The largest absolute Gasteiger partial charge is 0.310 e. The Bertz CT molecular complexity index is 2960. The lowest BCUT2D eigenvalue weighted by Crippen LogP contribution is -2.16. The molecule has 0 atom stereocenters. The van der Waals surface area contributed by atoms with Gasteiger partial charge in [0.25, 0.3) is 0 Å². The van der Waals surface area contributed by atoms with Crippen LogP contribution in [0.25, 0.3) is 77.5 Å². The molecular weight excluding hydrogens is 675 g/mol. The summed E-state index contributed by atoms with van der Waals surface area (Å²) < 4.78 is 0. The van der Waals surface area contributed by atoms with E-state index in [1.807, 2.05) is 0 Å². The van der Waals surface area contributed by atoms with E-state index < -0.39 is 0 Å². The fourth-order valence-corrected chi connectivity index (χ4v) is 9.57. The van der Waals surface area contributed by atoms with Crippen LogP contribution in [0, 0.1) is 0 Å². The van der Waals surface area contributed by atoms with Crippen LogP contribution in [0.2, 0.25) is 0 Å². The maximum Gasteiger partial charge on any atom is 0.0543 e. The number of hydrogen-bond acceptors (Lipinski definition) is 1. The Labute approximate surface area is 328 Å². The third kappa shape index (κ3) is 4.87. The number of nitrogens with zero attached hydrogens (tertiary/aromatic N) is 1. The first-order valence-corrected chi connectivity index (χ1v) is 19.6. The summed E-state index contributed by atoms with van der Waals surface area (Å²) in [6, 6.07) is 73.8. The van der Waals surface area contributed by atoms with Crippen LogP contribution >= 0.6 is 0 Å². The van der Waals surface area contributed by atoms with Gasteiger partial charge < -0.3 is 4.90 Å². The van der Waals surface area contributed by atoms with Crippen molar-refractivity contribution in [2.24, 2.45) is 0 Å². The van der Waals surface area contributed by atoms with Gasteiger partial charge in [-0.3, -0.25) is 0 Å². The first kappa shape index (κ1) is 32.5. The van der Waals surface area contributed by atoms with E-state index in [9.17, 15) is 0 Å². The lowest BCUT2D eigenvalue weighted by molar-refractivity contribution is 0.660. The van der Waals surface area contributed by atoms with E-state index in [1.165, 1.54) is 94.3 Å². The topological polar surface area (TPSA) is 3.24 Å². The molecule has 0 N–H and O–H groups in total. The Morgan fingerprint density at radius 2 is 0.857 bits per heavy atom. The van der Waals surface area contributed by atoms with Crippen molar-refractivity contribution in [2.45, 2.75) is 19.3 Å². The minimum absolute atomic E-state index is 0.0967. The number of hydrogen-bond donors (Lipinski definition) is 0. The summed E-state index contributed by atoms with van der Waals surface area (Å²) in [6.07, 6.45) is 0. The van der Waals surface area contributed by atoms with Crippen LogP contribution in [0.15, 0.2) is 200 Å². The molecule has 0 saturated carbocycles. The normalized spacial score (nSPS) is 13.0. The van der Waals surface area contributed by atoms with Crippen LogP contribution in [0.5, 0.6) is 0 Å². The van der Waals surface area contributed by atoms with Gasteiger partial charge in [-0.15, -0.1) is 0 Å². The van der Waals surface area contributed by atoms with Crippen LogP contribution in [0.1, 0.15) is 25.0 Å². The molecule has 0 unspecified atom stereocenters. The van der Waals surface area contributed by atoms with Crippen molar-refractivity contribution in [3.05, 3.63) is 211 Å². The van der Waals surface area contributed by atoms with Crippen LogP contribution in [0.4, 0.5) is 17.1 Å². The Hall–Kier alpha value is -6.96. The summed E-state index contributed by atoms with van der Waals surface area (Å²) in [4.78, 5) is 2.45. The molecule has 0 heterocycles. The van der Waals surface area contributed by atoms with E-state index in [4.69, 9.17) is 0 Å². The molecule has 56 heavy (non-hydrogen) atoms. The molecule has 0 saturated heterocycles. The van der Waals surface area contributed by atoms with E-state index in [0.29, 0.717) is 0 Å². The van der Waals surface area contributed by atoms with Crippen molar-refractivity contribution in [2.75, 3.05) is 4.90 Å². The molecule has 1 heteroatoms.